The Balaban J connectivity index is 2.48. The van der Waals surface area contributed by atoms with E-state index in [1.54, 1.807) is 12.1 Å². The number of benzene rings is 1. The highest BCUT2D eigenvalue weighted by molar-refractivity contribution is 6.29. The number of nitrogens with one attached hydrogen (secondary N) is 1. The molecular formula is C13H10ClFN2O2. The van der Waals surface area contributed by atoms with Crippen molar-refractivity contribution >= 4 is 29.1 Å². The largest absolute Gasteiger partial charge is 0.478 e. The molecule has 2 N–H and O–H groups in total. The molecule has 2 aromatic rings. The fourth-order valence-electron chi connectivity index (χ4n) is 1.57. The Morgan fingerprint density at radius 2 is 2.11 bits per heavy atom. The minimum Gasteiger partial charge on any atom is -0.478 e. The van der Waals surface area contributed by atoms with Crippen LogP contribution in [0, 0.1) is 12.7 Å². The van der Waals surface area contributed by atoms with Gasteiger partial charge in [0.1, 0.15) is 11.4 Å². The second-order valence-corrected chi connectivity index (χ2v) is 4.26. The summed E-state index contributed by atoms with van der Waals surface area (Å²) >= 11 is 5.58. The molecule has 0 spiro atoms. The molecule has 98 valence electrons. The van der Waals surface area contributed by atoms with Crippen molar-refractivity contribution in [3.63, 3.8) is 0 Å². The zero-order valence-corrected chi connectivity index (χ0v) is 10.7. The third-order valence-electron chi connectivity index (χ3n) is 2.56. The molecule has 0 unspecified atom stereocenters. The smallest absolute Gasteiger partial charge is 0.339 e. The van der Waals surface area contributed by atoms with Crippen LogP contribution in [0.25, 0.3) is 0 Å². The lowest BCUT2D eigenvalue weighted by molar-refractivity contribution is 0.0697. The number of pyridine rings is 1. The van der Waals surface area contributed by atoms with Crippen LogP contribution in [-0.2, 0) is 0 Å². The summed E-state index contributed by atoms with van der Waals surface area (Å²) in [6.45, 7) is 1.86. The fourth-order valence-corrected chi connectivity index (χ4v) is 1.70. The predicted molar refractivity (Wildman–Crippen MR) is 70.6 cm³/mol. The Morgan fingerprint density at radius 1 is 1.42 bits per heavy atom. The van der Waals surface area contributed by atoms with Gasteiger partial charge in [0.25, 0.3) is 0 Å². The van der Waals surface area contributed by atoms with Crippen LogP contribution in [0.3, 0.4) is 0 Å². The van der Waals surface area contributed by atoms with Crippen molar-refractivity contribution in [3.8, 4) is 0 Å². The fraction of sp³-hybridized carbons (Fsp3) is 0.0769. The molecule has 1 aromatic carbocycles. The van der Waals surface area contributed by atoms with Crippen LogP contribution < -0.4 is 5.32 Å². The molecule has 2 rings (SSSR count). The van der Waals surface area contributed by atoms with Gasteiger partial charge in [0.05, 0.1) is 0 Å². The van der Waals surface area contributed by atoms with Gasteiger partial charge >= 0.3 is 5.97 Å². The van der Waals surface area contributed by atoms with E-state index >= 15 is 0 Å². The average molecular weight is 281 g/mol. The lowest BCUT2D eigenvalue weighted by Crippen LogP contribution is -2.07. The predicted octanol–water partition coefficient (Wildman–Crippen LogP) is 3.62. The van der Waals surface area contributed by atoms with Gasteiger partial charge < -0.3 is 10.4 Å². The summed E-state index contributed by atoms with van der Waals surface area (Å²) in [7, 11) is 0. The highest BCUT2D eigenvalue weighted by atomic mass is 35.5. The van der Waals surface area contributed by atoms with Crippen LogP contribution in [0.15, 0.2) is 30.3 Å². The minimum atomic E-state index is -1.28. The first-order chi connectivity index (χ1) is 8.99. The van der Waals surface area contributed by atoms with Gasteiger partial charge in [-0.25, -0.2) is 14.2 Å². The molecule has 0 aliphatic heterocycles. The number of aryl methyl sites for hydroxylation is 1. The van der Waals surface area contributed by atoms with Gasteiger partial charge in [0, 0.05) is 5.69 Å². The highest BCUT2D eigenvalue weighted by Crippen LogP contribution is 2.25. The number of anilines is 2. The van der Waals surface area contributed by atoms with Gasteiger partial charge in [-0.1, -0.05) is 29.8 Å². The third-order valence-corrected chi connectivity index (χ3v) is 2.83. The molecule has 1 aromatic heterocycles. The van der Waals surface area contributed by atoms with Crippen molar-refractivity contribution < 1.29 is 14.3 Å². The first-order valence-electron chi connectivity index (χ1n) is 5.41. The van der Waals surface area contributed by atoms with Crippen molar-refractivity contribution in [2.45, 2.75) is 6.92 Å². The van der Waals surface area contributed by atoms with Gasteiger partial charge in [-0.2, -0.15) is 0 Å². The maximum atomic E-state index is 13.3. The first kappa shape index (κ1) is 13.3. The topological polar surface area (TPSA) is 62.2 Å². The number of hydrogen-bond donors (Lipinski definition) is 2. The molecule has 0 saturated carbocycles. The molecule has 6 heteroatoms. The third kappa shape index (κ3) is 2.82. The summed E-state index contributed by atoms with van der Waals surface area (Å²) in [6, 6.07) is 8.11. The van der Waals surface area contributed by atoms with Gasteiger partial charge in [0.15, 0.2) is 11.0 Å². The molecule has 0 fully saturated rings. The summed E-state index contributed by atoms with van der Waals surface area (Å²) in [5, 5.41) is 11.5. The normalized spacial score (nSPS) is 10.3. The number of aromatic nitrogens is 1. The molecule has 4 nitrogen and oxygen atoms in total. The number of para-hydroxylation sites is 1. The Morgan fingerprint density at radius 3 is 2.74 bits per heavy atom. The van der Waals surface area contributed by atoms with E-state index in [1.165, 1.54) is 0 Å². The van der Waals surface area contributed by atoms with Crippen molar-refractivity contribution in [1.29, 1.82) is 0 Å². The number of carboxylic acid groups (broad SMARTS) is 1. The summed E-state index contributed by atoms with van der Waals surface area (Å²) in [5.74, 6) is -2.14. The van der Waals surface area contributed by atoms with Crippen LogP contribution in [0.2, 0.25) is 5.15 Å². The first-order valence-corrected chi connectivity index (χ1v) is 5.79. The van der Waals surface area contributed by atoms with Crippen molar-refractivity contribution in [1.82, 2.24) is 4.98 Å². The van der Waals surface area contributed by atoms with Gasteiger partial charge in [-0.05, 0) is 24.6 Å². The van der Waals surface area contributed by atoms with E-state index in [4.69, 9.17) is 16.7 Å². The standard InChI is InChI=1S/C13H10ClFN2O2/c1-7-4-2-3-5-10(7)16-12-8(13(18)19)6-9(15)11(14)17-12/h2-6H,1H3,(H,16,17)(H,18,19). The van der Waals surface area contributed by atoms with E-state index in [0.29, 0.717) is 5.69 Å². The SMILES string of the molecule is Cc1ccccc1Nc1nc(Cl)c(F)cc1C(=O)O. The summed E-state index contributed by atoms with van der Waals surface area (Å²) in [5.41, 5.74) is 1.31. The second kappa shape index (κ2) is 5.24. The molecule has 0 aliphatic carbocycles. The van der Waals surface area contributed by atoms with Gasteiger partial charge in [-0.3, -0.25) is 0 Å². The zero-order chi connectivity index (χ0) is 14.0. The number of aromatic carboxylic acids is 1. The monoisotopic (exact) mass is 280 g/mol. The van der Waals surface area contributed by atoms with Crippen LogP contribution >= 0.6 is 11.6 Å². The highest BCUT2D eigenvalue weighted by Gasteiger charge is 2.16. The maximum absolute atomic E-state index is 13.3. The van der Waals surface area contributed by atoms with Crippen LogP contribution in [0.4, 0.5) is 15.9 Å². The Kier molecular flexibility index (Phi) is 3.66. The number of halogens is 2. The quantitative estimate of drug-likeness (QED) is 0.843. The van der Waals surface area contributed by atoms with Crippen LogP contribution in [0.5, 0.6) is 0 Å². The zero-order valence-electron chi connectivity index (χ0n) is 9.95. The van der Waals surface area contributed by atoms with E-state index in [0.717, 1.165) is 11.6 Å². The Labute approximate surface area is 113 Å². The second-order valence-electron chi connectivity index (χ2n) is 3.90. The van der Waals surface area contributed by atoms with Gasteiger partial charge in [0.2, 0.25) is 0 Å². The lowest BCUT2D eigenvalue weighted by atomic mass is 10.2. The number of hydrogen-bond acceptors (Lipinski definition) is 3. The minimum absolute atomic E-state index is 0.00759. The summed E-state index contributed by atoms with van der Waals surface area (Å²) in [4.78, 5) is 14.8. The molecule has 0 atom stereocenters. The van der Waals surface area contributed by atoms with E-state index < -0.39 is 11.8 Å². The van der Waals surface area contributed by atoms with Crippen molar-refractivity contribution in [2.75, 3.05) is 5.32 Å². The maximum Gasteiger partial charge on any atom is 0.339 e. The number of nitrogens with zero attached hydrogens (tertiary/aromatic N) is 1. The van der Waals surface area contributed by atoms with E-state index in [-0.39, 0.29) is 16.5 Å². The molecule has 0 radical (unpaired) electrons. The molecule has 0 saturated heterocycles. The number of carboxylic acids is 1. The molecule has 0 bridgehead atoms. The molecule has 0 amide bonds. The Bertz CT molecular complexity index is 647. The molecule has 19 heavy (non-hydrogen) atoms. The Hall–Kier alpha value is -2.14. The van der Waals surface area contributed by atoms with E-state index in [2.05, 4.69) is 10.3 Å². The van der Waals surface area contributed by atoms with E-state index in [1.807, 2.05) is 19.1 Å². The van der Waals surface area contributed by atoms with Crippen LogP contribution in [-0.4, -0.2) is 16.1 Å². The molecular weight excluding hydrogens is 271 g/mol. The van der Waals surface area contributed by atoms with Gasteiger partial charge in [-0.15, -0.1) is 0 Å². The van der Waals surface area contributed by atoms with Crippen molar-refractivity contribution in [3.05, 3.63) is 52.4 Å². The number of rotatable bonds is 3. The van der Waals surface area contributed by atoms with Crippen molar-refractivity contribution in [2.24, 2.45) is 0 Å². The summed E-state index contributed by atoms with van der Waals surface area (Å²) in [6.07, 6.45) is 0. The summed E-state index contributed by atoms with van der Waals surface area (Å²) < 4.78 is 13.3. The van der Waals surface area contributed by atoms with E-state index in [9.17, 15) is 9.18 Å². The molecule has 1 heterocycles. The lowest BCUT2D eigenvalue weighted by Gasteiger charge is -2.11. The van der Waals surface area contributed by atoms with Crippen LogP contribution in [0.1, 0.15) is 15.9 Å². The molecule has 0 aliphatic rings. The number of carbonyl (C=O) groups is 1. The average Bonchev–Trinajstić information content (AvgIpc) is 2.36.